The summed E-state index contributed by atoms with van der Waals surface area (Å²) in [5.74, 6) is 1.30. The zero-order valence-corrected chi connectivity index (χ0v) is 16.8. The van der Waals surface area contributed by atoms with Crippen molar-refractivity contribution in [2.24, 2.45) is 10.9 Å². The van der Waals surface area contributed by atoms with E-state index >= 15 is 0 Å². The molecular formula is C19H32N4O2S. The number of aliphatic imine (C=N–C) groups is 1. The van der Waals surface area contributed by atoms with E-state index in [-0.39, 0.29) is 0 Å². The predicted molar refractivity (Wildman–Crippen MR) is 107 cm³/mol. The lowest BCUT2D eigenvalue weighted by molar-refractivity contribution is 0.273. The van der Waals surface area contributed by atoms with Crippen LogP contribution in [0.15, 0.2) is 40.2 Å². The van der Waals surface area contributed by atoms with E-state index in [9.17, 15) is 8.42 Å². The molecular weight excluding hydrogens is 348 g/mol. The molecule has 1 fully saturated rings. The molecule has 146 valence electrons. The van der Waals surface area contributed by atoms with Gasteiger partial charge in [0, 0.05) is 33.2 Å². The lowest BCUT2D eigenvalue weighted by Crippen LogP contribution is -2.44. The lowest BCUT2D eigenvalue weighted by atomic mass is 9.98. The Morgan fingerprint density at radius 1 is 1.15 bits per heavy atom. The van der Waals surface area contributed by atoms with Crippen LogP contribution in [-0.4, -0.2) is 51.9 Å². The van der Waals surface area contributed by atoms with Gasteiger partial charge in [-0.3, -0.25) is 4.99 Å². The Labute approximate surface area is 158 Å². The number of guanidine groups is 1. The minimum Gasteiger partial charge on any atom is -0.356 e. The van der Waals surface area contributed by atoms with Crippen molar-refractivity contribution in [1.82, 2.24) is 14.9 Å². The van der Waals surface area contributed by atoms with Crippen LogP contribution < -0.4 is 10.6 Å². The van der Waals surface area contributed by atoms with Crippen molar-refractivity contribution < 1.29 is 8.42 Å². The molecule has 6 nitrogen and oxygen atoms in total. The summed E-state index contributed by atoms with van der Waals surface area (Å²) in [6.45, 7) is 5.10. The minimum absolute atomic E-state index is 0.383. The fourth-order valence-corrected chi connectivity index (χ4v) is 4.63. The Bertz CT molecular complexity index is 653. The molecule has 1 aromatic rings. The standard InChI is InChI=1S/C19H32N4O2S/c1-3-4-8-13-21-19(20-2)22-16-17-11-14-23(15-12-17)26(24,25)18-9-6-5-7-10-18/h5-7,9-10,17H,3-4,8,11-16H2,1-2H3,(H2,20,21,22). The number of hydrogen-bond acceptors (Lipinski definition) is 3. The highest BCUT2D eigenvalue weighted by Gasteiger charge is 2.29. The summed E-state index contributed by atoms with van der Waals surface area (Å²) < 4.78 is 26.9. The zero-order valence-electron chi connectivity index (χ0n) is 15.9. The molecule has 1 aromatic carbocycles. The molecule has 2 N–H and O–H groups in total. The summed E-state index contributed by atoms with van der Waals surface area (Å²) in [6, 6.07) is 8.69. The van der Waals surface area contributed by atoms with Crippen molar-refractivity contribution in [3.8, 4) is 0 Å². The second kappa shape index (κ2) is 10.5. The molecule has 0 atom stereocenters. The first-order valence-corrected chi connectivity index (χ1v) is 11.0. The number of piperidine rings is 1. The first-order valence-electron chi connectivity index (χ1n) is 9.57. The predicted octanol–water partition coefficient (Wildman–Crippen LogP) is 2.44. The van der Waals surface area contributed by atoms with Gasteiger partial charge in [0.05, 0.1) is 4.90 Å². The van der Waals surface area contributed by atoms with Crippen molar-refractivity contribution >= 4 is 16.0 Å². The van der Waals surface area contributed by atoms with Gasteiger partial charge in [-0.1, -0.05) is 38.0 Å². The highest BCUT2D eigenvalue weighted by atomic mass is 32.2. The van der Waals surface area contributed by atoms with Crippen LogP contribution in [0.2, 0.25) is 0 Å². The third-order valence-electron chi connectivity index (χ3n) is 4.81. The van der Waals surface area contributed by atoms with E-state index in [2.05, 4.69) is 22.5 Å². The van der Waals surface area contributed by atoms with Gasteiger partial charge >= 0.3 is 0 Å². The first kappa shape index (κ1) is 20.7. The number of sulfonamides is 1. The quantitative estimate of drug-likeness (QED) is 0.413. The summed E-state index contributed by atoms with van der Waals surface area (Å²) in [5, 5.41) is 6.70. The molecule has 1 aliphatic rings. The lowest BCUT2D eigenvalue weighted by Gasteiger charge is -2.31. The van der Waals surface area contributed by atoms with E-state index in [0.29, 0.717) is 23.9 Å². The second-order valence-electron chi connectivity index (χ2n) is 6.75. The molecule has 2 rings (SSSR count). The fraction of sp³-hybridized carbons (Fsp3) is 0.632. The molecule has 0 saturated carbocycles. The van der Waals surface area contributed by atoms with Gasteiger partial charge in [-0.2, -0.15) is 4.31 Å². The van der Waals surface area contributed by atoms with Crippen LogP contribution in [0.5, 0.6) is 0 Å². The third-order valence-corrected chi connectivity index (χ3v) is 6.72. The Kier molecular flexibility index (Phi) is 8.38. The molecule has 1 saturated heterocycles. The van der Waals surface area contributed by atoms with Crippen LogP contribution in [0.3, 0.4) is 0 Å². The molecule has 0 aromatic heterocycles. The molecule has 7 heteroatoms. The Morgan fingerprint density at radius 2 is 1.85 bits per heavy atom. The highest BCUT2D eigenvalue weighted by Crippen LogP contribution is 2.23. The van der Waals surface area contributed by atoms with Crippen molar-refractivity contribution in [3.05, 3.63) is 30.3 Å². The van der Waals surface area contributed by atoms with E-state index in [1.807, 2.05) is 6.07 Å². The Balaban J connectivity index is 1.76. The fourth-order valence-electron chi connectivity index (χ4n) is 3.14. The van der Waals surface area contributed by atoms with E-state index in [1.54, 1.807) is 35.6 Å². The largest absolute Gasteiger partial charge is 0.356 e. The van der Waals surface area contributed by atoms with Gasteiger partial charge in [0.15, 0.2) is 5.96 Å². The molecule has 0 aliphatic carbocycles. The monoisotopic (exact) mass is 380 g/mol. The van der Waals surface area contributed by atoms with E-state index in [4.69, 9.17) is 0 Å². The molecule has 1 heterocycles. The van der Waals surface area contributed by atoms with Crippen molar-refractivity contribution in [2.45, 2.75) is 43.9 Å². The van der Waals surface area contributed by atoms with E-state index < -0.39 is 10.0 Å². The van der Waals surface area contributed by atoms with Crippen LogP contribution in [0, 0.1) is 5.92 Å². The van der Waals surface area contributed by atoms with Gasteiger partial charge in [-0.15, -0.1) is 0 Å². The normalized spacial score (nSPS) is 17.2. The number of rotatable bonds is 8. The topological polar surface area (TPSA) is 73.8 Å². The van der Waals surface area contributed by atoms with Crippen LogP contribution in [-0.2, 0) is 10.0 Å². The summed E-state index contributed by atoms with van der Waals surface area (Å²) in [4.78, 5) is 4.63. The molecule has 0 amide bonds. The minimum atomic E-state index is -3.36. The summed E-state index contributed by atoms with van der Waals surface area (Å²) in [5.41, 5.74) is 0. The number of hydrogen-bond donors (Lipinski definition) is 2. The van der Waals surface area contributed by atoms with Gasteiger partial charge < -0.3 is 10.6 Å². The van der Waals surface area contributed by atoms with E-state index in [1.165, 1.54) is 12.8 Å². The maximum Gasteiger partial charge on any atom is 0.243 e. The van der Waals surface area contributed by atoms with Crippen LogP contribution in [0.4, 0.5) is 0 Å². The zero-order chi connectivity index (χ0) is 18.8. The van der Waals surface area contributed by atoms with E-state index in [0.717, 1.165) is 38.3 Å². The average molecular weight is 381 g/mol. The van der Waals surface area contributed by atoms with Crippen molar-refractivity contribution in [2.75, 3.05) is 33.2 Å². The Hall–Kier alpha value is -1.60. The first-order chi connectivity index (χ1) is 12.6. The van der Waals surface area contributed by atoms with Gasteiger partial charge in [-0.25, -0.2) is 8.42 Å². The number of nitrogens with one attached hydrogen (secondary N) is 2. The van der Waals surface area contributed by atoms with Crippen molar-refractivity contribution in [1.29, 1.82) is 0 Å². The third kappa shape index (κ3) is 5.99. The van der Waals surface area contributed by atoms with Gasteiger partial charge in [-0.05, 0) is 37.3 Å². The molecule has 26 heavy (non-hydrogen) atoms. The molecule has 0 radical (unpaired) electrons. The van der Waals surface area contributed by atoms with Crippen molar-refractivity contribution in [3.63, 3.8) is 0 Å². The summed E-state index contributed by atoms with van der Waals surface area (Å²) in [7, 11) is -1.58. The van der Waals surface area contributed by atoms with Crippen LogP contribution in [0.1, 0.15) is 39.0 Å². The highest BCUT2D eigenvalue weighted by molar-refractivity contribution is 7.89. The maximum absolute atomic E-state index is 12.7. The molecule has 0 unspecified atom stereocenters. The SMILES string of the molecule is CCCCCNC(=NC)NCC1CCN(S(=O)(=O)c2ccccc2)CC1. The van der Waals surface area contributed by atoms with Gasteiger partial charge in [0.25, 0.3) is 0 Å². The number of unbranched alkanes of at least 4 members (excludes halogenated alkanes) is 2. The summed E-state index contributed by atoms with van der Waals surface area (Å²) >= 11 is 0. The molecule has 0 spiro atoms. The number of benzene rings is 1. The molecule has 1 aliphatic heterocycles. The van der Waals surface area contributed by atoms with Gasteiger partial charge in [0.2, 0.25) is 10.0 Å². The number of nitrogens with zero attached hydrogens (tertiary/aromatic N) is 2. The smallest absolute Gasteiger partial charge is 0.243 e. The average Bonchev–Trinajstić information content (AvgIpc) is 2.68. The van der Waals surface area contributed by atoms with Crippen LogP contribution in [0.25, 0.3) is 0 Å². The maximum atomic E-state index is 12.7. The van der Waals surface area contributed by atoms with Gasteiger partial charge in [0.1, 0.15) is 0 Å². The summed E-state index contributed by atoms with van der Waals surface area (Å²) in [6.07, 6.45) is 5.31. The Morgan fingerprint density at radius 3 is 2.46 bits per heavy atom. The molecule has 0 bridgehead atoms. The second-order valence-corrected chi connectivity index (χ2v) is 8.69. The van der Waals surface area contributed by atoms with Crippen LogP contribution >= 0.6 is 0 Å².